The van der Waals surface area contributed by atoms with Crippen molar-refractivity contribution < 1.29 is 0 Å². The molecule has 0 bridgehead atoms. The largest absolute Gasteiger partial charge is 0.365 e. The Morgan fingerprint density at radius 2 is 1.42 bits per heavy atom. The molecule has 0 amide bonds. The number of nitrogens with two attached hydrogens (primary N) is 1. The summed E-state index contributed by atoms with van der Waals surface area (Å²) in [6, 6.07) is 36.6. The summed E-state index contributed by atoms with van der Waals surface area (Å²) in [7, 11) is 0. The van der Waals surface area contributed by atoms with Gasteiger partial charge in [0.1, 0.15) is 6.17 Å². The first-order valence-corrected chi connectivity index (χ1v) is 13.2. The standard InChI is InChI=1S/C32H27N3S/c1-32-25-16-8-9-17-27(25)36-28-18-10-15-24(29(28)32)30(33)35(32)31-23(21-11-4-2-5-12-21)19-20-26(34-31)22-13-6-3-7-14-22/h2-20,30-31,34H,33H2,1H3. The van der Waals surface area contributed by atoms with Crippen molar-refractivity contribution in [2.45, 2.75) is 34.6 Å². The molecule has 0 aliphatic carbocycles. The van der Waals surface area contributed by atoms with Crippen molar-refractivity contribution in [3.05, 3.63) is 143 Å². The van der Waals surface area contributed by atoms with Crippen molar-refractivity contribution in [1.29, 1.82) is 0 Å². The van der Waals surface area contributed by atoms with Crippen LogP contribution < -0.4 is 11.1 Å². The lowest BCUT2D eigenvalue weighted by molar-refractivity contribution is 0.0733. The molecule has 3 nitrogen and oxygen atoms in total. The van der Waals surface area contributed by atoms with Gasteiger partial charge in [-0.25, -0.2) is 4.90 Å². The van der Waals surface area contributed by atoms with Crippen LogP contribution in [0.3, 0.4) is 0 Å². The maximum atomic E-state index is 7.18. The monoisotopic (exact) mass is 485 g/mol. The van der Waals surface area contributed by atoms with E-state index in [0.29, 0.717) is 0 Å². The Hall–Kier alpha value is -3.57. The number of allylic oxidation sites excluding steroid dienone is 2. The number of benzene rings is 4. The zero-order valence-corrected chi connectivity index (χ0v) is 20.9. The minimum Gasteiger partial charge on any atom is -0.365 e. The quantitative estimate of drug-likeness (QED) is 0.337. The first-order valence-electron chi connectivity index (χ1n) is 12.4. The van der Waals surface area contributed by atoms with E-state index in [0.717, 1.165) is 5.70 Å². The van der Waals surface area contributed by atoms with Gasteiger partial charge in [-0.1, -0.05) is 109 Å². The molecule has 3 aliphatic heterocycles. The molecule has 36 heavy (non-hydrogen) atoms. The lowest BCUT2D eigenvalue weighted by atomic mass is 9.82. The Balaban J connectivity index is 1.44. The Morgan fingerprint density at radius 1 is 0.750 bits per heavy atom. The number of rotatable bonds is 3. The van der Waals surface area contributed by atoms with E-state index in [4.69, 9.17) is 5.73 Å². The van der Waals surface area contributed by atoms with E-state index in [1.807, 2.05) is 11.8 Å². The van der Waals surface area contributed by atoms with Gasteiger partial charge in [0, 0.05) is 15.5 Å². The molecule has 3 heterocycles. The Bertz CT molecular complexity index is 1530. The molecule has 0 aromatic heterocycles. The van der Waals surface area contributed by atoms with E-state index in [2.05, 4.69) is 132 Å². The normalized spacial score (nSPS) is 24.3. The van der Waals surface area contributed by atoms with Gasteiger partial charge < -0.3 is 11.1 Å². The summed E-state index contributed by atoms with van der Waals surface area (Å²) < 4.78 is 0. The van der Waals surface area contributed by atoms with Crippen LogP contribution >= 0.6 is 11.8 Å². The summed E-state index contributed by atoms with van der Waals surface area (Å²) in [5.74, 6) is 0. The van der Waals surface area contributed by atoms with E-state index < -0.39 is 0 Å². The van der Waals surface area contributed by atoms with Crippen LogP contribution in [0.1, 0.15) is 40.9 Å². The summed E-state index contributed by atoms with van der Waals surface area (Å²) in [6.45, 7) is 2.35. The van der Waals surface area contributed by atoms with E-state index in [1.54, 1.807) is 0 Å². The SMILES string of the molecule is CC12c3ccccc3Sc3cccc(c31)C(N)N2C1NC(c2ccccc2)=CC=C1c1ccccc1. The highest BCUT2D eigenvalue weighted by Crippen LogP contribution is 2.59. The predicted octanol–water partition coefficient (Wildman–Crippen LogP) is 6.74. The van der Waals surface area contributed by atoms with Gasteiger partial charge in [0.25, 0.3) is 0 Å². The van der Waals surface area contributed by atoms with Crippen LogP contribution in [0.25, 0.3) is 11.3 Å². The van der Waals surface area contributed by atoms with Crippen molar-refractivity contribution in [1.82, 2.24) is 10.2 Å². The second kappa shape index (κ2) is 8.24. The fourth-order valence-electron chi connectivity index (χ4n) is 6.17. The number of nitrogens with one attached hydrogen (secondary N) is 1. The van der Waals surface area contributed by atoms with Crippen LogP contribution in [0.4, 0.5) is 0 Å². The average Bonchev–Trinajstić information content (AvgIpc) is 3.17. The van der Waals surface area contributed by atoms with Gasteiger partial charge in [0.15, 0.2) is 0 Å². The molecule has 4 aromatic carbocycles. The van der Waals surface area contributed by atoms with Gasteiger partial charge in [0.05, 0.1) is 11.7 Å². The third kappa shape index (κ3) is 3.09. The molecule has 0 radical (unpaired) electrons. The van der Waals surface area contributed by atoms with Crippen molar-refractivity contribution in [2.24, 2.45) is 5.73 Å². The maximum Gasteiger partial charge on any atom is 0.109 e. The number of dihydropyridines is 1. The molecular formula is C32H27N3S. The first kappa shape index (κ1) is 21.7. The van der Waals surface area contributed by atoms with Gasteiger partial charge in [-0.2, -0.15) is 0 Å². The highest BCUT2D eigenvalue weighted by atomic mass is 32.2. The predicted molar refractivity (Wildman–Crippen MR) is 148 cm³/mol. The molecule has 176 valence electrons. The van der Waals surface area contributed by atoms with Gasteiger partial charge >= 0.3 is 0 Å². The van der Waals surface area contributed by atoms with Gasteiger partial charge in [0.2, 0.25) is 0 Å². The topological polar surface area (TPSA) is 41.3 Å². The van der Waals surface area contributed by atoms with Crippen LogP contribution in [0.2, 0.25) is 0 Å². The van der Waals surface area contributed by atoms with Gasteiger partial charge in [-0.3, -0.25) is 0 Å². The maximum absolute atomic E-state index is 7.18. The summed E-state index contributed by atoms with van der Waals surface area (Å²) >= 11 is 1.86. The second-order valence-corrected chi connectivity index (χ2v) is 10.8. The average molecular weight is 486 g/mol. The molecule has 0 saturated carbocycles. The molecule has 4 heteroatoms. The summed E-state index contributed by atoms with van der Waals surface area (Å²) in [6.07, 6.45) is 4.09. The molecule has 7 rings (SSSR count). The van der Waals surface area contributed by atoms with Crippen LogP contribution in [0.5, 0.6) is 0 Å². The summed E-state index contributed by atoms with van der Waals surface area (Å²) in [5.41, 5.74) is 15.4. The zero-order valence-electron chi connectivity index (χ0n) is 20.1. The van der Waals surface area contributed by atoms with Crippen LogP contribution in [-0.2, 0) is 5.54 Å². The number of hydrogen-bond donors (Lipinski definition) is 2. The van der Waals surface area contributed by atoms with Crippen molar-refractivity contribution >= 4 is 23.0 Å². The van der Waals surface area contributed by atoms with Crippen molar-refractivity contribution in [2.75, 3.05) is 0 Å². The highest BCUT2D eigenvalue weighted by molar-refractivity contribution is 7.99. The van der Waals surface area contributed by atoms with E-state index in [9.17, 15) is 0 Å². The molecule has 3 atom stereocenters. The van der Waals surface area contributed by atoms with Crippen molar-refractivity contribution in [3.63, 3.8) is 0 Å². The summed E-state index contributed by atoms with van der Waals surface area (Å²) in [4.78, 5) is 5.09. The molecular weight excluding hydrogens is 458 g/mol. The van der Waals surface area contributed by atoms with E-state index in [-0.39, 0.29) is 17.9 Å². The van der Waals surface area contributed by atoms with Crippen LogP contribution in [0, 0.1) is 0 Å². The van der Waals surface area contributed by atoms with Crippen LogP contribution in [0.15, 0.2) is 125 Å². The number of nitrogens with zero attached hydrogens (tertiary/aromatic N) is 1. The van der Waals surface area contributed by atoms with Crippen molar-refractivity contribution in [3.8, 4) is 0 Å². The molecule has 0 saturated heterocycles. The fraction of sp³-hybridized carbons (Fsp3) is 0.125. The molecule has 0 spiro atoms. The minimum atomic E-state index is -0.377. The second-order valence-electron chi connectivity index (χ2n) is 9.72. The fourth-order valence-corrected chi connectivity index (χ4v) is 7.49. The van der Waals surface area contributed by atoms with Crippen LogP contribution in [-0.4, -0.2) is 11.1 Å². The number of fused-ring (bicyclic) bond motifs is 2. The zero-order chi connectivity index (χ0) is 24.3. The smallest absolute Gasteiger partial charge is 0.109 e. The third-order valence-electron chi connectivity index (χ3n) is 7.80. The minimum absolute atomic E-state index is 0.121. The molecule has 4 aromatic rings. The third-order valence-corrected chi connectivity index (χ3v) is 8.93. The van der Waals surface area contributed by atoms with E-state index >= 15 is 0 Å². The van der Waals surface area contributed by atoms with Gasteiger partial charge in [-0.15, -0.1) is 0 Å². The Labute approximate surface area is 216 Å². The van der Waals surface area contributed by atoms with E-state index in [1.165, 1.54) is 43.2 Å². The lowest BCUT2D eigenvalue weighted by Crippen LogP contribution is -2.56. The summed E-state index contributed by atoms with van der Waals surface area (Å²) in [5, 5.41) is 3.92. The number of hydrogen-bond acceptors (Lipinski definition) is 4. The highest BCUT2D eigenvalue weighted by Gasteiger charge is 2.54. The molecule has 3 aliphatic rings. The molecule has 3 unspecified atom stereocenters. The lowest BCUT2D eigenvalue weighted by Gasteiger charge is -2.48. The Kier molecular flexibility index (Phi) is 4.97. The van der Waals surface area contributed by atoms with Gasteiger partial charge in [-0.05, 0) is 58.5 Å². The molecule has 3 N–H and O–H groups in total. The Morgan fingerprint density at radius 3 is 2.19 bits per heavy atom. The molecule has 0 fully saturated rings. The first-order chi connectivity index (χ1) is 17.7.